The van der Waals surface area contributed by atoms with E-state index in [1.807, 2.05) is 59.7 Å². The summed E-state index contributed by atoms with van der Waals surface area (Å²) in [6.45, 7) is 13.7. The molecule has 0 fully saturated rings. The van der Waals surface area contributed by atoms with Crippen molar-refractivity contribution >= 4 is 5.78 Å². The van der Waals surface area contributed by atoms with Crippen LogP contribution in [0.5, 0.6) is 5.75 Å². The quantitative estimate of drug-likeness (QED) is 0.783. The van der Waals surface area contributed by atoms with Gasteiger partial charge < -0.3 is 4.74 Å². The lowest BCUT2D eigenvalue weighted by Gasteiger charge is -2.07. The SMILES string of the molecule is CC.CC.CC(=O)COc1ccc(C)cc1C. The van der Waals surface area contributed by atoms with Crippen molar-refractivity contribution in [2.75, 3.05) is 6.61 Å². The Morgan fingerprint density at radius 1 is 1.12 bits per heavy atom. The first-order valence-corrected chi connectivity index (χ1v) is 6.29. The number of carbonyl (C=O) groups excluding carboxylic acids is 1. The minimum Gasteiger partial charge on any atom is -0.486 e. The van der Waals surface area contributed by atoms with Crippen molar-refractivity contribution in [2.24, 2.45) is 0 Å². The van der Waals surface area contributed by atoms with Gasteiger partial charge in [0.2, 0.25) is 0 Å². The molecular formula is C15H26O2. The van der Waals surface area contributed by atoms with Gasteiger partial charge in [0.1, 0.15) is 12.4 Å². The Bertz CT molecular complexity index is 317. The van der Waals surface area contributed by atoms with Crippen LogP contribution in [-0.2, 0) is 4.79 Å². The first-order valence-electron chi connectivity index (χ1n) is 6.29. The molecule has 0 saturated heterocycles. The fourth-order valence-electron chi connectivity index (χ4n) is 1.14. The average Bonchev–Trinajstić information content (AvgIpc) is 2.33. The lowest BCUT2D eigenvalue weighted by atomic mass is 10.1. The molecule has 0 saturated carbocycles. The van der Waals surface area contributed by atoms with Crippen molar-refractivity contribution in [2.45, 2.75) is 48.5 Å². The number of ketones is 1. The Labute approximate surface area is 106 Å². The zero-order chi connectivity index (χ0) is 13.8. The lowest BCUT2D eigenvalue weighted by Crippen LogP contribution is -2.07. The smallest absolute Gasteiger partial charge is 0.167 e. The highest BCUT2D eigenvalue weighted by Crippen LogP contribution is 2.18. The van der Waals surface area contributed by atoms with Gasteiger partial charge in [-0.25, -0.2) is 0 Å². The Kier molecular flexibility index (Phi) is 11.9. The molecule has 1 aromatic rings. The molecule has 0 spiro atoms. The molecule has 98 valence electrons. The highest BCUT2D eigenvalue weighted by molar-refractivity contribution is 5.77. The number of carbonyl (C=O) groups is 1. The third-order valence-electron chi connectivity index (χ3n) is 1.76. The van der Waals surface area contributed by atoms with E-state index in [4.69, 9.17) is 4.74 Å². The molecule has 0 heterocycles. The summed E-state index contributed by atoms with van der Waals surface area (Å²) in [4.78, 5) is 10.7. The maximum absolute atomic E-state index is 10.7. The van der Waals surface area contributed by atoms with Crippen LogP contribution < -0.4 is 4.74 Å². The number of hydrogen-bond acceptors (Lipinski definition) is 2. The molecule has 17 heavy (non-hydrogen) atoms. The summed E-state index contributed by atoms with van der Waals surface area (Å²) in [5, 5.41) is 0. The van der Waals surface area contributed by atoms with E-state index in [9.17, 15) is 4.79 Å². The van der Waals surface area contributed by atoms with E-state index in [1.165, 1.54) is 12.5 Å². The number of benzene rings is 1. The summed E-state index contributed by atoms with van der Waals surface area (Å²) >= 11 is 0. The highest BCUT2D eigenvalue weighted by Gasteiger charge is 2.00. The van der Waals surface area contributed by atoms with E-state index in [0.29, 0.717) is 0 Å². The topological polar surface area (TPSA) is 26.3 Å². The van der Waals surface area contributed by atoms with Gasteiger partial charge in [-0.1, -0.05) is 45.4 Å². The molecule has 0 aromatic heterocycles. The fourth-order valence-corrected chi connectivity index (χ4v) is 1.14. The van der Waals surface area contributed by atoms with Crippen molar-refractivity contribution in [3.8, 4) is 5.75 Å². The van der Waals surface area contributed by atoms with Crippen molar-refractivity contribution in [3.63, 3.8) is 0 Å². The Morgan fingerprint density at radius 3 is 2.06 bits per heavy atom. The van der Waals surface area contributed by atoms with Crippen LogP contribution in [-0.4, -0.2) is 12.4 Å². The van der Waals surface area contributed by atoms with Gasteiger partial charge in [0.25, 0.3) is 0 Å². The van der Waals surface area contributed by atoms with Gasteiger partial charge in [-0.3, -0.25) is 4.79 Å². The minimum atomic E-state index is 0.0416. The highest BCUT2D eigenvalue weighted by atomic mass is 16.5. The normalized spacial score (nSPS) is 8.18. The molecule has 0 amide bonds. The number of aryl methyl sites for hydroxylation is 2. The maximum atomic E-state index is 10.7. The maximum Gasteiger partial charge on any atom is 0.167 e. The van der Waals surface area contributed by atoms with Gasteiger partial charge in [0.15, 0.2) is 5.78 Å². The monoisotopic (exact) mass is 238 g/mol. The van der Waals surface area contributed by atoms with Gasteiger partial charge >= 0.3 is 0 Å². The van der Waals surface area contributed by atoms with E-state index < -0.39 is 0 Å². The van der Waals surface area contributed by atoms with Crippen LogP contribution in [0, 0.1) is 13.8 Å². The van der Waals surface area contributed by atoms with Crippen LogP contribution in [0.25, 0.3) is 0 Å². The second-order valence-corrected chi connectivity index (χ2v) is 3.26. The summed E-state index contributed by atoms with van der Waals surface area (Å²) in [5.41, 5.74) is 2.27. The first-order chi connectivity index (χ1) is 8.09. The molecule has 0 aliphatic rings. The molecule has 0 aliphatic carbocycles. The Morgan fingerprint density at radius 2 is 1.65 bits per heavy atom. The number of ether oxygens (including phenoxy) is 1. The van der Waals surface area contributed by atoms with Gasteiger partial charge in [0, 0.05) is 0 Å². The van der Waals surface area contributed by atoms with Crippen LogP contribution >= 0.6 is 0 Å². The second-order valence-electron chi connectivity index (χ2n) is 3.26. The summed E-state index contributed by atoms with van der Waals surface area (Å²) in [5.74, 6) is 0.834. The predicted octanol–water partition coefficient (Wildman–Crippen LogP) is 4.32. The number of Topliss-reactive ketones (excluding diaryl/α,β-unsaturated/α-hetero) is 1. The first kappa shape index (κ1) is 18.1. The van der Waals surface area contributed by atoms with E-state index >= 15 is 0 Å². The van der Waals surface area contributed by atoms with E-state index in [0.717, 1.165) is 11.3 Å². The summed E-state index contributed by atoms with van der Waals surface area (Å²) in [6.07, 6.45) is 0. The third kappa shape index (κ3) is 8.49. The minimum absolute atomic E-state index is 0.0416. The summed E-state index contributed by atoms with van der Waals surface area (Å²) in [7, 11) is 0. The van der Waals surface area contributed by atoms with Crippen LogP contribution in [0.15, 0.2) is 18.2 Å². The molecule has 0 radical (unpaired) electrons. The molecule has 2 nitrogen and oxygen atoms in total. The van der Waals surface area contributed by atoms with Crippen molar-refractivity contribution in [1.29, 1.82) is 0 Å². The summed E-state index contributed by atoms with van der Waals surface area (Å²) < 4.78 is 5.30. The number of rotatable bonds is 3. The Hall–Kier alpha value is -1.31. The standard InChI is InChI=1S/C11H14O2.2C2H6/c1-8-4-5-11(9(2)6-8)13-7-10(3)12;2*1-2/h4-6H,7H2,1-3H3;2*1-2H3. The van der Waals surface area contributed by atoms with Crippen LogP contribution in [0.2, 0.25) is 0 Å². The molecule has 2 heteroatoms. The number of hydrogen-bond donors (Lipinski definition) is 0. The fraction of sp³-hybridized carbons (Fsp3) is 0.533. The lowest BCUT2D eigenvalue weighted by molar-refractivity contribution is -0.118. The molecule has 1 aromatic carbocycles. The zero-order valence-corrected chi connectivity index (χ0v) is 12.3. The predicted molar refractivity (Wildman–Crippen MR) is 74.8 cm³/mol. The Balaban J connectivity index is 0. The van der Waals surface area contributed by atoms with Crippen molar-refractivity contribution in [1.82, 2.24) is 0 Å². The molecule has 0 atom stereocenters. The molecule has 1 rings (SSSR count). The third-order valence-corrected chi connectivity index (χ3v) is 1.76. The van der Waals surface area contributed by atoms with E-state index in [1.54, 1.807) is 0 Å². The zero-order valence-electron chi connectivity index (χ0n) is 12.3. The van der Waals surface area contributed by atoms with E-state index in [2.05, 4.69) is 0 Å². The van der Waals surface area contributed by atoms with Crippen molar-refractivity contribution < 1.29 is 9.53 Å². The molecule has 0 bridgehead atoms. The molecule has 0 unspecified atom stereocenters. The van der Waals surface area contributed by atoms with Crippen LogP contribution in [0.3, 0.4) is 0 Å². The van der Waals surface area contributed by atoms with Crippen LogP contribution in [0.1, 0.15) is 45.7 Å². The van der Waals surface area contributed by atoms with Gasteiger partial charge in [-0.05, 0) is 32.4 Å². The van der Waals surface area contributed by atoms with Gasteiger partial charge in [-0.2, -0.15) is 0 Å². The average molecular weight is 238 g/mol. The van der Waals surface area contributed by atoms with Gasteiger partial charge in [0.05, 0.1) is 0 Å². The molecule has 0 N–H and O–H groups in total. The summed E-state index contributed by atoms with van der Waals surface area (Å²) in [6, 6.07) is 5.91. The molecule has 0 aliphatic heterocycles. The van der Waals surface area contributed by atoms with Gasteiger partial charge in [-0.15, -0.1) is 0 Å². The second kappa shape index (κ2) is 11.2. The molecular weight excluding hydrogens is 212 g/mol. The van der Waals surface area contributed by atoms with E-state index in [-0.39, 0.29) is 12.4 Å². The van der Waals surface area contributed by atoms with Crippen LogP contribution in [0.4, 0.5) is 0 Å². The largest absolute Gasteiger partial charge is 0.486 e. The van der Waals surface area contributed by atoms with Crippen molar-refractivity contribution in [3.05, 3.63) is 29.3 Å².